The SMILES string of the molecule is Cc1cnc2c(S(=O)(=O)NC34CC5CC(CC(C5)C3)C4)cccc2c1. The summed E-state index contributed by atoms with van der Waals surface area (Å²) in [6, 6.07) is 7.43. The maximum Gasteiger partial charge on any atom is 0.243 e. The Morgan fingerprint density at radius 3 is 2.36 bits per heavy atom. The van der Waals surface area contributed by atoms with Crippen LogP contribution in [0, 0.1) is 24.7 Å². The molecule has 1 aromatic heterocycles. The van der Waals surface area contributed by atoms with E-state index in [0.717, 1.165) is 30.2 Å². The first kappa shape index (κ1) is 15.8. The Balaban J connectivity index is 1.54. The Bertz CT molecular complexity index is 916. The van der Waals surface area contributed by atoms with Crippen molar-refractivity contribution in [1.29, 1.82) is 0 Å². The molecular weight excluding hydrogens is 332 g/mol. The van der Waals surface area contributed by atoms with Crippen LogP contribution in [0.4, 0.5) is 0 Å². The van der Waals surface area contributed by atoms with Crippen LogP contribution in [0.25, 0.3) is 10.9 Å². The van der Waals surface area contributed by atoms with Gasteiger partial charge in [-0.15, -0.1) is 0 Å². The predicted octanol–water partition coefficient (Wildman–Crippen LogP) is 3.79. The summed E-state index contributed by atoms with van der Waals surface area (Å²) in [5, 5.41) is 0.883. The molecule has 5 heteroatoms. The topological polar surface area (TPSA) is 59.1 Å². The van der Waals surface area contributed by atoms with Gasteiger partial charge in [-0.1, -0.05) is 12.1 Å². The van der Waals surface area contributed by atoms with Gasteiger partial charge in [-0.05, 0) is 80.9 Å². The first-order chi connectivity index (χ1) is 11.9. The summed E-state index contributed by atoms with van der Waals surface area (Å²) < 4.78 is 29.7. The van der Waals surface area contributed by atoms with Gasteiger partial charge in [0, 0.05) is 17.1 Å². The van der Waals surface area contributed by atoms with Crippen molar-refractivity contribution >= 4 is 20.9 Å². The third-order valence-electron chi connectivity index (χ3n) is 6.49. The third kappa shape index (κ3) is 2.59. The largest absolute Gasteiger partial charge is 0.255 e. The lowest BCUT2D eigenvalue weighted by molar-refractivity contribution is -0.00809. The Labute approximate surface area is 149 Å². The van der Waals surface area contributed by atoms with Crippen LogP contribution in [0.3, 0.4) is 0 Å². The van der Waals surface area contributed by atoms with E-state index < -0.39 is 10.0 Å². The second-order valence-electron chi connectivity index (χ2n) is 8.64. The van der Waals surface area contributed by atoms with Gasteiger partial charge in [-0.3, -0.25) is 4.98 Å². The molecule has 2 aromatic rings. The highest BCUT2D eigenvalue weighted by Gasteiger charge is 2.52. The van der Waals surface area contributed by atoms with E-state index in [4.69, 9.17) is 0 Å². The van der Waals surface area contributed by atoms with Crippen LogP contribution in [0.5, 0.6) is 0 Å². The number of hydrogen-bond acceptors (Lipinski definition) is 3. The summed E-state index contributed by atoms with van der Waals surface area (Å²) >= 11 is 0. The summed E-state index contributed by atoms with van der Waals surface area (Å²) in [6.07, 6.45) is 8.68. The van der Waals surface area contributed by atoms with E-state index in [1.54, 1.807) is 12.3 Å². The van der Waals surface area contributed by atoms with E-state index in [9.17, 15) is 8.42 Å². The average Bonchev–Trinajstić information content (AvgIpc) is 2.51. The van der Waals surface area contributed by atoms with Gasteiger partial charge in [-0.2, -0.15) is 0 Å². The van der Waals surface area contributed by atoms with Crippen molar-refractivity contribution < 1.29 is 8.42 Å². The minimum absolute atomic E-state index is 0.222. The van der Waals surface area contributed by atoms with E-state index in [2.05, 4.69) is 9.71 Å². The molecule has 0 aliphatic heterocycles. The van der Waals surface area contributed by atoms with Gasteiger partial charge in [0.2, 0.25) is 10.0 Å². The monoisotopic (exact) mass is 356 g/mol. The molecule has 0 saturated heterocycles. The number of nitrogens with one attached hydrogen (secondary N) is 1. The molecule has 0 amide bonds. The molecule has 1 N–H and O–H groups in total. The molecule has 4 fully saturated rings. The molecule has 1 heterocycles. The van der Waals surface area contributed by atoms with Crippen molar-refractivity contribution in [3.63, 3.8) is 0 Å². The minimum atomic E-state index is -3.57. The highest BCUT2D eigenvalue weighted by molar-refractivity contribution is 7.89. The Morgan fingerprint density at radius 2 is 1.72 bits per heavy atom. The van der Waals surface area contributed by atoms with Gasteiger partial charge >= 0.3 is 0 Å². The number of para-hydroxylation sites is 1. The fourth-order valence-corrected chi connectivity index (χ4v) is 7.65. The third-order valence-corrected chi connectivity index (χ3v) is 8.10. The van der Waals surface area contributed by atoms with E-state index >= 15 is 0 Å². The molecule has 0 radical (unpaired) electrons. The zero-order chi connectivity index (χ0) is 17.2. The molecule has 4 aliphatic carbocycles. The van der Waals surface area contributed by atoms with Crippen LogP contribution in [0.1, 0.15) is 44.1 Å². The van der Waals surface area contributed by atoms with Crippen molar-refractivity contribution in [2.75, 3.05) is 0 Å². The van der Waals surface area contributed by atoms with Gasteiger partial charge < -0.3 is 0 Å². The number of nitrogens with zero attached hydrogens (tertiary/aromatic N) is 1. The van der Waals surface area contributed by atoms with Crippen LogP contribution in [-0.4, -0.2) is 18.9 Å². The summed E-state index contributed by atoms with van der Waals surface area (Å²) in [6.45, 7) is 1.97. The first-order valence-corrected chi connectivity index (χ1v) is 10.8. The second kappa shape index (κ2) is 5.27. The lowest BCUT2D eigenvalue weighted by Gasteiger charge is -2.56. The number of aryl methyl sites for hydroxylation is 1. The number of aromatic nitrogens is 1. The van der Waals surface area contributed by atoms with E-state index in [1.807, 2.05) is 25.1 Å². The minimum Gasteiger partial charge on any atom is -0.255 e. The normalized spacial score (nSPS) is 33.9. The van der Waals surface area contributed by atoms with Crippen molar-refractivity contribution in [1.82, 2.24) is 9.71 Å². The Morgan fingerprint density at radius 1 is 1.08 bits per heavy atom. The molecule has 1 aromatic carbocycles. The number of benzene rings is 1. The predicted molar refractivity (Wildman–Crippen MR) is 97.7 cm³/mol. The van der Waals surface area contributed by atoms with Gasteiger partial charge in [0.1, 0.15) is 4.90 Å². The number of sulfonamides is 1. The molecule has 6 rings (SSSR count). The highest BCUT2D eigenvalue weighted by Crippen LogP contribution is 2.56. The number of pyridine rings is 1. The zero-order valence-electron chi connectivity index (χ0n) is 14.5. The fourth-order valence-electron chi connectivity index (χ4n) is 6.04. The fraction of sp³-hybridized carbons (Fsp3) is 0.550. The zero-order valence-corrected chi connectivity index (χ0v) is 15.3. The van der Waals surface area contributed by atoms with Crippen LogP contribution in [-0.2, 0) is 10.0 Å². The standard InChI is InChI=1S/C20H24N2O2S/c1-13-5-17-3-2-4-18(19(17)21-12-13)25(23,24)22-20-9-14-6-15(10-20)8-16(7-14)11-20/h2-5,12,14-16,22H,6-11H2,1H3. The smallest absolute Gasteiger partial charge is 0.243 e. The molecular formula is C20H24N2O2S. The quantitative estimate of drug-likeness (QED) is 0.910. The summed E-state index contributed by atoms with van der Waals surface area (Å²) in [4.78, 5) is 4.74. The van der Waals surface area contributed by atoms with Crippen molar-refractivity contribution in [3.8, 4) is 0 Å². The number of rotatable bonds is 3. The lowest BCUT2D eigenvalue weighted by atomic mass is 9.53. The Kier molecular flexibility index (Phi) is 3.32. The maximum absolute atomic E-state index is 13.3. The molecule has 4 saturated carbocycles. The summed E-state index contributed by atoms with van der Waals surface area (Å²) in [7, 11) is -3.57. The first-order valence-electron chi connectivity index (χ1n) is 9.32. The van der Waals surface area contributed by atoms with Crippen LogP contribution in [0.15, 0.2) is 35.4 Å². The van der Waals surface area contributed by atoms with Gasteiger partial charge in [0.25, 0.3) is 0 Å². The number of hydrogen-bond donors (Lipinski definition) is 1. The maximum atomic E-state index is 13.3. The van der Waals surface area contributed by atoms with Crippen molar-refractivity contribution in [2.24, 2.45) is 17.8 Å². The highest BCUT2D eigenvalue weighted by atomic mass is 32.2. The van der Waals surface area contributed by atoms with E-state index in [1.165, 1.54) is 19.3 Å². The molecule has 25 heavy (non-hydrogen) atoms. The number of fused-ring (bicyclic) bond motifs is 1. The average molecular weight is 356 g/mol. The van der Waals surface area contributed by atoms with Crippen LogP contribution in [0.2, 0.25) is 0 Å². The Hall–Kier alpha value is -1.46. The molecule has 4 bridgehead atoms. The van der Waals surface area contributed by atoms with Gasteiger partial charge in [0.05, 0.1) is 5.52 Å². The molecule has 4 aliphatic rings. The van der Waals surface area contributed by atoms with Crippen LogP contribution >= 0.6 is 0 Å². The van der Waals surface area contributed by atoms with E-state index in [-0.39, 0.29) is 5.54 Å². The lowest BCUT2D eigenvalue weighted by Crippen LogP contribution is -2.59. The van der Waals surface area contributed by atoms with Gasteiger partial charge in [-0.25, -0.2) is 13.1 Å². The summed E-state index contributed by atoms with van der Waals surface area (Å²) in [5.74, 6) is 2.13. The van der Waals surface area contributed by atoms with Crippen molar-refractivity contribution in [3.05, 3.63) is 36.0 Å². The molecule has 132 valence electrons. The van der Waals surface area contributed by atoms with Gasteiger partial charge in [0.15, 0.2) is 0 Å². The van der Waals surface area contributed by atoms with Crippen molar-refractivity contribution in [2.45, 2.75) is 55.9 Å². The van der Waals surface area contributed by atoms with E-state index in [0.29, 0.717) is 28.2 Å². The molecule has 4 nitrogen and oxygen atoms in total. The van der Waals surface area contributed by atoms with Crippen LogP contribution < -0.4 is 4.72 Å². The molecule has 0 unspecified atom stereocenters. The molecule has 0 atom stereocenters. The summed E-state index contributed by atoms with van der Waals surface area (Å²) in [5.41, 5.74) is 1.39. The molecule has 0 spiro atoms. The second-order valence-corrected chi connectivity index (χ2v) is 10.3.